The maximum Gasteiger partial charge on any atom is 0.410 e. The van der Waals surface area contributed by atoms with Gasteiger partial charge in [-0.25, -0.2) is 4.79 Å². The Hall–Kier alpha value is -2.24. The lowest BCUT2D eigenvalue weighted by atomic mass is 9.94. The Morgan fingerprint density at radius 2 is 1.96 bits per heavy atom. The van der Waals surface area contributed by atoms with Gasteiger partial charge in [0.25, 0.3) is 0 Å². The summed E-state index contributed by atoms with van der Waals surface area (Å²) in [4.78, 5) is 27.4. The van der Waals surface area contributed by atoms with Crippen molar-refractivity contribution in [2.75, 3.05) is 38.7 Å². The fourth-order valence-electron chi connectivity index (χ4n) is 3.37. The monoisotopic (exact) mass is 376 g/mol. The number of ether oxygens (including phenoxy) is 2. The predicted octanol–water partition coefficient (Wildman–Crippen LogP) is 3.83. The van der Waals surface area contributed by atoms with Crippen LogP contribution in [-0.4, -0.2) is 56.7 Å². The topological polar surface area (TPSA) is 59.1 Å². The first-order valence-corrected chi connectivity index (χ1v) is 9.56. The van der Waals surface area contributed by atoms with Gasteiger partial charge in [0.2, 0.25) is 0 Å². The summed E-state index contributed by atoms with van der Waals surface area (Å²) in [5.74, 6) is 0.603. The van der Waals surface area contributed by atoms with Gasteiger partial charge in [0.05, 0.1) is 7.11 Å². The first kappa shape index (κ1) is 21.1. The van der Waals surface area contributed by atoms with Gasteiger partial charge in [-0.2, -0.15) is 0 Å². The molecule has 1 heterocycles. The van der Waals surface area contributed by atoms with E-state index in [1.807, 2.05) is 32.9 Å². The number of amides is 1. The second kappa shape index (κ2) is 9.11. The lowest BCUT2D eigenvalue weighted by Gasteiger charge is -2.28. The molecular formula is C21H32N2O4. The van der Waals surface area contributed by atoms with E-state index in [0.29, 0.717) is 13.0 Å². The average molecular weight is 376 g/mol. The molecule has 0 unspecified atom stereocenters. The normalized spacial score (nSPS) is 15.4. The van der Waals surface area contributed by atoms with E-state index in [1.54, 1.807) is 14.2 Å². The molecule has 0 aromatic heterocycles. The van der Waals surface area contributed by atoms with Crippen LogP contribution in [0.4, 0.5) is 10.5 Å². The van der Waals surface area contributed by atoms with Gasteiger partial charge < -0.3 is 24.1 Å². The lowest BCUT2D eigenvalue weighted by molar-refractivity contribution is -0.108. The number of nitrogens with zero attached hydrogens (tertiary/aromatic N) is 2. The molecule has 1 aliphatic heterocycles. The van der Waals surface area contributed by atoms with Crippen molar-refractivity contribution in [1.82, 2.24) is 4.90 Å². The molecule has 0 aliphatic carbocycles. The molecule has 6 nitrogen and oxygen atoms in total. The van der Waals surface area contributed by atoms with Gasteiger partial charge in [-0.05, 0) is 45.2 Å². The van der Waals surface area contributed by atoms with Gasteiger partial charge in [-0.3, -0.25) is 0 Å². The zero-order valence-corrected chi connectivity index (χ0v) is 17.2. The van der Waals surface area contributed by atoms with E-state index in [-0.39, 0.29) is 5.92 Å². The largest absolute Gasteiger partial charge is 0.496 e. The first-order valence-electron chi connectivity index (χ1n) is 9.56. The third-order valence-electron chi connectivity index (χ3n) is 4.71. The number of carbonyl (C=O) groups is 2. The van der Waals surface area contributed by atoms with Crippen molar-refractivity contribution in [3.63, 3.8) is 0 Å². The second-order valence-corrected chi connectivity index (χ2v) is 8.08. The fraction of sp³-hybridized carbons (Fsp3) is 0.619. The average Bonchev–Trinajstić information content (AvgIpc) is 3.14. The zero-order chi connectivity index (χ0) is 20.0. The van der Waals surface area contributed by atoms with Crippen LogP contribution in [0.5, 0.6) is 5.75 Å². The molecule has 1 atom stereocenters. The third kappa shape index (κ3) is 5.88. The Labute approximate surface area is 162 Å². The maximum absolute atomic E-state index is 12.3. The number of methoxy groups -OCH3 is 1. The highest BCUT2D eigenvalue weighted by Gasteiger charge is 2.25. The molecule has 6 heteroatoms. The molecule has 0 saturated carbocycles. The summed E-state index contributed by atoms with van der Waals surface area (Å²) in [7, 11) is 3.33. The van der Waals surface area contributed by atoms with Gasteiger partial charge in [0, 0.05) is 50.8 Å². The van der Waals surface area contributed by atoms with E-state index in [0.717, 1.165) is 36.4 Å². The highest BCUT2D eigenvalue weighted by atomic mass is 16.6. The molecule has 150 valence electrons. The minimum atomic E-state index is -0.555. The van der Waals surface area contributed by atoms with Gasteiger partial charge in [0.1, 0.15) is 17.6 Å². The number of aldehydes is 1. The van der Waals surface area contributed by atoms with E-state index >= 15 is 0 Å². The van der Waals surface area contributed by atoms with Crippen molar-refractivity contribution >= 4 is 18.1 Å². The second-order valence-electron chi connectivity index (χ2n) is 8.08. The lowest BCUT2D eigenvalue weighted by Crippen LogP contribution is -2.36. The molecule has 1 saturated heterocycles. The van der Waals surface area contributed by atoms with Crippen LogP contribution in [0.25, 0.3) is 0 Å². The quantitative estimate of drug-likeness (QED) is 0.677. The highest BCUT2D eigenvalue weighted by molar-refractivity contribution is 5.68. The summed E-state index contributed by atoms with van der Waals surface area (Å²) in [6, 6.07) is 6.13. The van der Waals surface area contributed by atoms with Crippen LogP contribution in [0.15, 0.2) is 18.2 Å². The molecule has 1 aliphatic rings. The Morgan fingerprint density at radius 1 is 1.30 bits per heavy atom. The van der Waals surface area contributed by atoms with E-state index in [4.69, 9.17) is 9.47 Å². The van der Waals surface area contributed by atoms with Crippen molar-refractivity contribution in [2.24, 2.45) is 0 Å². The molecule has 0 spiro atoms. The maximum atomic E-state index is 12.3. The molecule has 0 radical (unpaired) electrons. The number of likely N-dealkylation sites (N-methyl/N-ethyl adjacent to an activating group) is 1. The van der Waals surface area contributed by atoms with Crippen molar-refractivity contribution < 1.29 is 19.1 Å². The summed E-state index contributed by atoms with van der Waals surface area (Å²) in [6.07, 6.45) is 3.22. The Balaban J connectivity index is 2.19. The van der Waals surface area contributed by atoms with E-state index in [9.17, 15) is 9.59 Å². The minimum Gasteiger partial charge on any atom is -0.496 e. The van der Waals surface area contributed by atoms with Crippen LogP contribution in [-0.2, 0) is 9.53 Å². The molecule has 2 rings (SSSR count). The molecule has 27 heavy (non-hydrogen) atoms. The molecule has 1 aromatic rings. The molecule has 0 N–H and O–H groups in total. The number of hydrogen-bond acceptors (Lipinski definition) is 5. The van der Waals surface area contributed by atoms with Crippen LogP contribution in [0.2, 0.25) is 0 Å². The van der Waals surface area contributed by atoms with Crippen molar-refractivity contribution in [1.29, 1.82) is 0 Å². The van der Waals surface area contributed by atoms with E-state index in [1.165, 1.54) is 17.7 Å². The zero-order valence-electron chi connectivity index (χ0n) is 17.2. The van der Waals surface area contributed by atoms with Gasteiger partial charge in [0.15, 0.2) is 0 Å². The van der Waals surface area contributed by atoms with Crippen molar-refractivity contribution in [3.8, 4) is 5.75 Å². The van der Waals surface area contributed by atoms with Crippen LogP contribution in [0, 0.1) is 0 Å². The minimum absolute atomic E-state index is 0.150. The van der Waals surface area contributed by atoms with Crippen LogP contribution >= 0.6 is 0 Å². The molecular weight excluding hydrogens is 344 g/mol. The summed E-state index contributed by atoms with van der Waals surface area (Å²) >= 11 is 0. The Bertz CT molecular complexity index is 648. The molecule has 1 amide bonds. The van der Waals surface area contributed by atoms with Crippen molar-refractivity contribution in [2.45, 2.75) is 51.6 Å². The smallest absolute Gasteiger partial charge is 0.410 e. The Kier molecular flexibility index (Phi) is 7.11. The van der Waals surface area contributed by atoms with Crippen LogP contribution < -0.4 is 9.64 Å². The van der Waals surface area contributed by atoms with Crippen LogP contribution in [0.3, 0.4) is 0 Å². The van der Waals surface area contributed by atoms with Gasteiger partial charge in [-0.1, -0.05) is 6.07 Å². The number of benzene rings is 1. The number of hydrogen-bond donors (Lipinski definition) is 0. The predicted molar refractivity (Wildman–Crippen MR) is 107 cm³/mol. The number of anilines is 1. The summed E-state index contributed by atoms with van der Waals surface area (Å²) in [5.41, 5.74) is 1.52. The molecule has 1 fully saturated rings. The number of carbonyl (C=O) groups excluding carboxylic acids is 2. The third-order valence-corrected chi connectivity index (χ3v) is 4.71. The van der Waals surface area contributed by atoms with Gasteiger partial charge >= 0.3 is 6.09 Å². The van der Waals surface area contributed by atoms with Crippen LogP contribution in [0.1, 0.15) is 51.5 Å². The Morgan fingerprint density at radius 3 is 2.52 bits per heavy atom. The highest BCUT2D eigenvalue weighted by Crippen LogP contribution is 2.34. The van der Waals surface area contributed by atoms with Crippen molar-refractivity contribution in [3.05, 3.63) is 23.8 Å². The molecule has 0 bridgehead atoms. The molecule has 1 aromatic carbocycles. The first-order chi connectivity index (χ1) is 12.7. The summed E-state index contributed by atoms with van der Waals surface area (Å²) in [6.45, 7) is 8.00. The standard InChI is InChI=1S/C21H32N2O4/c1-21(2,3)27-20(25)22(4)15-16(10-13-24)18-9-8-17(14-19(18)26-5)23-11-6-7-12-23/h8-9,13-14,16H,6-7,10-12,15H2,1-5H3/t16-/m1/s1. The van der Waals surface area contributed by atoms with E-state index in [2.05, 4.69) is 11.0 Å². The SMILES string of the molecule is COc1cc(N2CCCC2)ccc1[C@H](CC=O)CN(C)C(=O)OC(C)(C)C. The fourth-order valence-corrected chi connectivity index (χ4v) is 3.37. The number of rotatable bonds is 7. The van der Waals surface area contributed by atoms with Gasteiger partial charge in [-0.15, -0.1) is 0 Å². The summed E-state index contributed by atoms with van der Waals surface area (Å²) in [5, 5.41) is 0. The van der Waals surface area contributed by atoms with E-state index < -0.39 is 11.7 Å². The summed E-state index contributed by atoms with van der Waals surface area (Å²) < 4.78 is 11.0.